The molecule has 0 fully saturated rings. The summed E-state index contributed by atoms with van der Waals surface area (Å²) >= 11 is 0. The van der Waals surface area contributed by atoms with Gasteiger partial charge in [0.05, 0.1) is 5.41 Å². The lowest BCUT2D eigenvalue weighted by atomic mass is 9.90. The van der Waals surface area contributed by atoms with Crippen molar-refractivity contribution in [2.75, 3.05) is 0 Å². The van der Waals surface area contributed by atoms with E-state index in [1.54, 1.807) is 38.1 Å². The third kappa shape index (κ3) is 2.41. The van der Waals surface area contributed by atoms with Gasteiger partial charge in [0.2, 0.25) is 5.78 Å². The van der Waals surface area contributed by atoms with Gasteiger partial charge in [-0.25, -0.2) is 0 Å². The second kappa shape index (κ2) is 5.04. The molecule has 4 nitrogen and oxygen atoms in total. The molecule has 1 aliphatic rings. The summed E-state index contributed by atoms with van der Waals surface area (Å²) in [6.45, 7) is 5.33. The summed E-state index contributed by atoms with van der Waals surface area (Å²) in [6, 6.07) is 6.50. The molecule has 0 unspecified atom stereocenters. The van der Waals surface area contributed by atoms with E-state index in [1.165, 1.54) is 0 Å². The lowest BCUT2D eigenvalue weighted by molar-refractivity contribution is -0.149. The van der Waals surface area contributed by atoms with E-state index >= 15 is 0 Å². The number of ether oxygens (including phenoxy) is 1. The maximum absolute atomic E-state index is 12.2. The van der Waals surface area contributed by atoms with Gasteiger partial charge in [0.15, 0.2) is 11.5 Å². The van der Waals surface area contributed by atoms with Crippen molar-refractivity contribution in [1.82, 2.24) is 0 Å². The molecule has 1 aromatic carbocycles. The van der Waals surface area contributed by atoms with Crippen LogP contribution < -0.4 is 0 Å². The van der Waals surface area contributed by atoms with Crippen LogP contribution in [0.25, 0.3) is 0 Å². The summed E-state index contributed by atoms with van der Waals surface area (Å²) in [7, 11) is 0. The molecule has 0 atom stereocenters. The molecule has 4 heteroatoms. The molecular formula is C16H16O4. The maximum atomic E-state index is 12.2. The number of esters is 1. The minimum Gasteiger partial charge on any atom is -0.422 e. The van der Waals surface area contributed by atoms with Crippen molar-refractivity contribution in [3.05, 3.63) is 47.2 Å². The van der Waals surface area contributed by atoms with Gasteiger partial charge in [-0.05, 0) is 20.3 Å². The van der Waals surface area contributed by atoms with E-state index in [9.17, 15) is 14.4 Å². The molecule has 0 amide bonds. The first-order chi connectivity index (χ1) is 9.36. The van der Waals surface area contributed by atoms with Gasteiger partial charge < -0.3 is 4.74 Å². The van der Waals surface area contributed by atoms with E-state index < -0.39 is 17.2 Å². The quantitative estimate of drug-likeness (QED) is 0.794. The third-order valence-corrected chi connectivity index (χ3v) is 3.56. The molecule has 0 aliphatic heterocycles. The Kier molecular flexibility index (Phi) is 3.57. The normalized spacial score (nSPS) is 14.7. The molecule has 104 valence electrons. The first-order valence-electron chi connectivity index (χ1n) is 6.49. The van der Waals surface area contributed by atoms with E-state index in [-0.39, 0.29) is 17.1 Å². The van der Waals surface area contributed by atoms with Crippen LogP contribution in [0.4, 0.5) is 0 Å². The van der Waals surface area contributed by atoms with Crippen molar-refractivity contribution in [3.8, 4) is 0 Å². The Bertz CT molecular complexity index is 623. The minimum atomic E-state index is -0.693. The van der Waals surface area contributed by atoms with Crippen LogP contribution in [-0.4, -0.2) is 17.5 Å². The first kappa shape index (κ1) is 14.2. The zero-order valence-corrected chi connectivity index (χ0v) is 11.7. The van der Waals surface area contributed by atoms with Gasteiger partial charge in [0.25, 0.3) is 0 Å². The average molecular weight is 272 g/mol. The van der Waals surface area contributed by atoms with Gasteiger partial charge in [-0.1, -0.05) is 31.2 Å². The molecular weight excluding hydrogens is 256 g/mol. The van der Waals surface area contributed by atoms with Gasteiger partial charge in [-0.3, -0.25) is 14.4 Å². The van der Waals surface area contributed by atoms with Crippen LogP contribution in [0, 0.1) is 5.41 Å². The number of rotatable bonds is 3. The summed E-state index contributed by atoms with van der Waals surface area (Å²) < 4.78 is 5.14. The smallest absolute Gasteiger partial charge is 0.317 e. The van der Waals surface area contributed by atoms with E-state index in [0.717, 1.165) is 6.08 Å². The second-order valence-electron chi connectivity index (χ2n) is 5.37. The highest BCUT2D eigenvalue weighted by Gasteiger charge is 2.33. The number of allylic oxidation sites excluding steroid dienone is 2. The average Bonchev–Trinajstić information content (AvgIpc) is 2.44. The molecule has 0 N–H and O–H groups in total. The summed E-state index contributed by atoms with van der Waals surface area (Å²) in [5, 5.41) is 0. The fraction of sp³-hybridized carbons (Fsp3) is 0.312. The second-order valence-corrected chi connectivity index (χ2v) is 5.37. The van der Waals surface area contributed by atoms with Crippen LogP contribution in [-0.2, 0) is 9.53 Å². The van der Waals surface area contributed by atoms with Crippen LogP contribution in [0.1, 0.15) is 47.9 Å². The molecule has 0 saturated carbocycles. The van der Waals surface area contributed by atoms with Crippen molar-refractivity contribution in [2.45, 2.75) is 27.2 Å². The van der Waals surface area contributed by atoms with E-state index in [2.05, 4.69) is 0 Å². The van der Waals surface area contributed by atoms with Gasteiger partial charge >= 0.3 is 5.97 Å². The molecule has 0 spiro atoms. The number of benzene rings is 1. The summed E-state index contributed by atoms with van der Waals surface area (Å²) in [5.41, 5.74) is -0.0784. The van der Waals surface area contributed by atoms with E-state index in [1.807, 2.05) is 6.92 Å². The monoisotopic (exact) mass is 272 g/mol. The molecule has 0 saturated heterocycles. The topological polar surface area (TPSA) is 60.4 Å². The zero-order chi connectivity index (χ0) is 14.9. The van der Waals surface area contributed by atoms with Crippen molar-refractivity contribution in [2.24, 2.45) is 5.41 Å². The van der Waals surface area contributed by atoms with Gasteiger partial charge in [0, 0.05) is 17.2 Å². The zero-order valence-electron chi connectivity index (χ0n) is 11.7. The summed E-state index contributed by atoms with van der Waals surface area (Å²) in [5.74, 6) is -1.45. The van der Waals surface area contributed by atoms with Crippen LogP contribution in [0.2, 0.25) is 0 Å². The number of ketones is 2. The van der Waals surface area contributed by atoms with Gasteiger partial charge in [-0.15, -0.1) is 0 Å². The predicted octanol–water partition coefficient (Wildman–Crippen LogP) is 2.93. The fourth-order valence-electron chi connectivity index (χ4n) is 1.75. The molecule has 20 heavy (non-hydrogen) atoms. The largest absolute Gasteiger partial charge is 0.422 e. The lowest BCUT2D eigenvalue weighted by Gasteiger charge is -2.22. The molecule has 0 heterocycles. The number of carbonyl (C=O) groups excluding carboxylic acids is 3. The Balaban J connectivity index is 2.30. The van der Waals surface area contributed by atoms with E-state index in [4.69, 9.17) is 4.74 Å². The molecule has 1 aliphatic carbocycles. The molecule has 1 aromatic rings. The molecule has 0 radical (unpaired) electrons. The Hall–Kier alpha value is -2.23. The van der Waals surface area contributed by atoms with E-state index in [0.29, 0.717) is 12.0 Å². The number of Topliss-reactive ketones (excluding diaryl/α,β-unsaturated/α-hetero) is 1. The Labute approximate surface area is 117 Å². The number of fused-ring (bicyclic) bond motifs is 1. The predicted molar refractivity (Wildman–Crippen MR) is 73.4 cm³/mol. The highest BCUT2D eigenvalue weighted by atomic mass is 16.5. The summed E-state index contributed by atoms with van der Waals surface area (Å²) in [4.78, 5) is 36.1. The fourth-order valence-corrected chi connectivity index (χ4v) is 1.75. The molecule has 0 aromatic heterocycles. The first-order valence-corrected chi connectivity index (χ1v) is 6.49. The third-order valence-electron chi connectivity index (χ3n) is 3.56. The highest BCUT2D eigenvalue weighted by Crippen LogP contribution is 2.26. The molecule has 2 rings (SSSR count). The lowest BCUT2D eigenvalue weighted by Crippen LogP contribution is -2.29. The van der Waals surface area contributed by atoms with Gasteiger partial charge in [0.1, 0.15) is 0 Å². The van der Waals surface area contributed by atoms with Crippen molar-refractivity contribution in [1.29, 1.82) is 0 Å². The minimum absolute atomic E-state index is 0.194. The standard InChI is InChI=1S/C16H16O4/c1-4-16(2,3)15(19)20-13-9-12(17)10-7-5-6-8-11(10)14(13)18/h5-9H,4H2,1-3H3. The summed E-state index contributed by atoms with van der Waals surface area (Å²) in [6.07, 6.45) is 1.67. The van der Waals surface area contributed by atoms with Crippen LogP contribution in [0.3, 0.4) is 0 Å². The number of carbonyl (C=O) groups is 3. The van der Waals surface area contributed by atoms with Crippen molar-refractivity contribution >= 4 is 17.5 Å². The van der Waals surface area contributed by atoms with Crippen LogP contribution in [0.15, 0.2) is 36.1 Å². The Morgan fingerprint density at radius 2 is 1.75 bits per heavy atom. The van der Waals surface area contributed by atoms with Crippen LogP contribution in [0.5, 0.6) is 0 Å². The highest BCUT2D eigenvalue weighted by molar-refractivity contribution is 6.24. The maximum Gasteiger partial charge on any atom is 0.317 e. The molecule has 0 bridgehead atoms. The van der Waals surface area contributed by atoms with Gasteiger partial charge in [-0.2, -0.15) is 0 Å². The number of hydrogen-bond acceptors (Lipinski definition) is 4. The van der Waals surface area contributed by atoms with Crippen molar-refractivity contribution < 1.29 is 19.1 Å². The SMILES string of the molecule is CCC(C)(C)C(=O)OC1=CC(=O)c2ccccc2C1=O. The van der Waals surface area contributed by atoms with Crippen LogP contribution >= 0.6 is 0 Å². The van der Waals surface area contributed by atoms with Crippen molar-refractivity contribution in [3.63, 3.8) is 0 Å². The Morgan fingerprint density at radius 3 is 2.35 bits per heavy atom. The number of hydrogen-bond donors (Lipinski definition) is 0. The Morgan fingerprint density at radius 1 is 1.15 bits per heavy atom.